The van der Waals surface area contributed by atoms with Crippen molar-refractivity contribution in [1.29, 1.82) is 5.26 Å². The number of rotatable bonds is 12. The van der Waals surface area contributed by atoms with Gasteiger partial charge >= 0.3 is 0 Å². The van der Waals surface area contributed by atoms with E-state index in [0.717, 1.165) is 78.3 Å². The molecule has 0 aliphatic carbocycles. The van der Waals surface area contributed by atoms with Crippen LogP contribution in [0.2, 0.25) is 0 Å². The zero-order chi connectivity index (χ0) is 43.8. The first-order valence-corrected chi connectivity index (χ1v) is 20.9. The van der Waals surface area contributed by atoms with Crippen molar-refractivity contribution in [3.8, 4) is 17.6 Å². The number of hydrogen-bond acceptors (Lipinski definition) is 5. The summed E-state index contributed by atoms with van der Waals surface area (Å²) in [7, 11) is 3.40. The average molecular weight is 827 g/mol. The van der Waals surface area contributed by atoms with Crippen LogP contribution in [0.3, 0.4) is 0 Å². The zero-order valence-electron chi connectivity index (χ0n) is 35.4. The number of nitrogens with zero attached hydrogens (tertiary/aromatic N) is 4. The van der Waals surface area contributed by atoms with Gasteiger partial charge in [-0.05, 0) is 107 Å². The van der Waals surface area contributed by atoms with Crippen LogP contribution in [0.1, 0.15) is 27.8 Å². The summed E-state index contributed by atoms with van der Waals surface area (Å²) in [5, 5.41) is 14.5. The topological polar surface area (TPSA) is 53.1 Å². The third-order valence-electron chi connectivity index (χ3n) is 11.3. The van der Waals surface area contributed by atoms with E-state index in [0.29, 0.717) is 22.4 Å². The Labute approximate surface area is 373 Å². The van der Waals surface area contributed by atoms with E-state index in [-0.39, 0.29) is 0 Å². The van der Waals surface area contributed by atoms with Crippen LogP contribution in [0.15, 0.2) is 194 Å². The maximum Gasteiger partial charge on any atom is 0.194 e. The van der Waals surface area contributed by atoms with Crippen molar-refractivity contribution in [3.05, 3.63) is 233 Å². The fourth-order valence-corrected chi connectivity index (χ4v) is 8.19. The van der Waals surface area contributed by atoms with Crippen LogP contribution in [0.5, 0.6) is 11.5 Å². The molecule has 0 amide bonds. The van der Waals surface area contributed by atoms with Gasteiger partial charge in [-0.1, -0.05) is 133 Å². The van der Waals surface area contributed by atoms with Gasteiger partial charge in [-0.15, -0.1) is 0 Å². The molecule has 0 heterocycles. The van der Waals surface area contributed by atoms with Crippen LogP contribution in [0, 0.1) is 17.9 Å². The van der Waals surface area contributed by atoms with Crippen LogP contribution in [-0.4, -0.2) is 14.2 Å². The Morgan fingerprint density at radius 1 is 0.453 bits per heavy atom. The summed E-state index contributed by atoms with van der Waals surface area (Å²) in [4.78, 5) is 8.35. The summed E-state index contributed by atoms with van der Waals surface area (Å²) in [5.41, 5.74) is 10.4. The average Bonchev–Trinajstić information content (AvgIpc) is 3.36. The van der Waals surface area contributed by atoms with Crippen molar-refractivity contribution >= 4 is 85.7 Å². The van der Waals surface area contributed by atoms with E-state index in [9.17, 15) is 5.26 Å². The van der Waals surface area contributed by atoms with E-state index in [1.165, 1.54) is 0 Å². The minimum atomic E-state index is 0.466. The Bertz CT molecular complexity index is 3030. The van der Waals surface area contributed by atoms with Gasteiger partial charge in [0.1, 0.15) is 11.5 Å². The number of anilines is 6. The van der Waals surface area contributed by atoms with Gasteiger partial charge in [0.05, 0.1) is 43.8 Å². The van der Waals surface area contributed by atoms with E-state index in [4.69, 9.17) is 16.0 Å². The van der Waals surface area contributed by atoms with E-state index in [1.54, 1.807) is 26.4 Å². The normalized spacial score (nSPS) is 11.1. The van der Waals surface area contributed by atoms with Crippen molar-refractivity contribution in [2.24, 2.45) is 0 Å². The number of methoxy groups -OCH3 is 2. The molecule has 0 aliphatic rings. The summed E-state index contributed by atoms with van der Waals surface area (Å²) in [5.74, 6) is 1.65. The number of fused-ring (bicyclic) bond motifs is 2. The number of hydrogen-bond donors (Lipinski definition) is 0. The fraction of sp³-hybridized carbons (Fsp3) is 0.0345. The van der Waals surface area contributed by atoms with Crippen molar-refractivity contribution in [3.63, 3.8) is 0 Å². The lowest BCUT2D eigenvalue weighted by Gasteiger charge is -2.27. The Morgan fingerprint density at radius 3 is 1.28 bits per heavy atom. The van der Waals surface area contributed by atoms with Crippen LogP contribution in [0.4, 0.5) is 39.8 Å². The number of nitriles is 1. The molecule has 0 unspecified atom stereocenters. The molecule has 306 valence electrons. The summed E-state index contributed by atoms with van der Waals surface area (Å²) < 4.78 is 11.4. The molecule has 0 aliphatic heterocycles. The van der Waals surface area contributed by atoms with Gasteiger partial charge in [0.25, 0.3) is 0 Å². The van der Waals surface area contributed by atoms with Gasteiger partial charge < -0.3 is 19.3 Å². The highest BCUT2D eigenvalue weighted by atomic mass is 16.5. The van der Waals surface area contributed by atoms with E-state index in [1.807, 2.05) is 97.1 Å². The molecule has 0 spiro atoms. The smallest absolute Gasteiger partial charge is 0.194 e. The monoisotopic (exact) mass is 826 g/mol. The molecule has 9 aromatic rings. The molecule has 9 aromatic carbocycles. The Hall–Kier alpha value is -8.84. The van der Waals surface area contributed by atoms with Crippen LogP contribution < -0.4 is 19.3 Å². The van der Waals surface area contributed by atoms with Crippen molar-refractivity contribution < 1.29 is 9.47 Å². The molecule has 64 heavy (non-hydrogen) atoms. The molecule has 0 atom stereocenters. The molecule has 6 nitrogen and oxygen atoms in total. The second kappa shape index (κ2) is 18.4. The number of para-hydroxylation sites is 2. The zero-order valence-corrected chi connectivity index (χ0v) is 35.4. The minimum Gasteiger partial charge on any atom is -0.496 e. The maximum atomic E-state index is 10.3. The number of ether oxygens (including phenoxy) is 2. The molecule has 0 saturated carbocycles. The van der Waals surface area contributed by atoms with Gasteiger partial charge in [0, 0.05) is 44.3 Å². The quantitative estimate of drug-likeness (QED) is 0.0907. The highest BCUT2D eigenvalue weighted by Gasteiger charge is 2.18. The van der Waals surface area contributed by atoms with Gasteiger partial charge in [-0.2, -0.15) is 5.26 Å². The van der Waals surface area contributed by atoms with Gasteiger partial charge in [-0.3, -0.25) is 0 Å². The highest BCUT2D eigenvalue weighted by Crippen LogP contribution is 2.43. The highest BCUT2D eigenvalue weighted by molar-refractivity contribution is 6.03. The van der Waals surface area contributed by atoms with Crippen LogP contribution >= 0.6 is 0 Å². The molecule has 6 heteroatoms. The summed E-state index contributed by atoms with van der Waals surface area (Å²) in [6, 6.07) is 68.0. The van der Waals surface area contributed by atoms with Crippen LogP contribution in [0.25, 0.3) is 50.7 Å². The SMILES string of the molecule is [C-]#[N+]c1cc(C=Cc2ccc(N(c3ccccc3)c3ccc(OC)c4ccccc34)cc2)c(C#N)cc1C=Cc1ccc(N(c2ccccc2)c2ccc(OC)c3ccccc23)cc1. The lowest BCUT2D eigenvalue weighted by atomic mass is 10.0. The molecule has 0 radical (unpaired) electrons. The standard InChI is InChI=1S/C58H42N4O2/c1-60-54-39-43(28-22-41-24-30-48(31-25-41)61(46-14-6-4-7-15-46)55-34-36-57(63-2)52-20-12-10-18-50(52)55)45(40-59)38-44(54)29-23-42-26-32-49(33-27-42)62(47-16-8-5-9-17-47)56-35-37-58(64-3)53-21-13-11-19-51(53)56/h4-39H,2-3H3. The summed E-state index contributed by atoms with van der Waals surface area (Å²) in [6.45, 7) is 8.05. The van der Waals surface area contributed by atoms with Crippen molar-refractivity contribution in [1.82, 2.24) is 0 Å². The Morgan fingerprint density at radius 2 is 0.859 bits per heavy atom. The molecular weight excluding hydrogens is 785 g/mol. The van der Waals surface area contributed by atoms with Crippen molar-refractivity contribution in [2.75, 3.05) is 24.0 Å². The molecule has 0 fully saturated rings. The molecule has 0 saturated heterocycles. The van der Waals surface area contributed by atoms with E-state index < -0.39 is 0 Å². The molecule has 0 aromatic heterocycles. The number of benzene rings is 9. The second-order valence-electron chi connectivity index (χ2n) is 15.1. The third-order valence-corrected chi connectivity index (χ3v) is 11.3. The van der Waals surface area contributed by atoms with Gasteiger partial charge in [0.15, 0.2) is 5.69 Å². The van der Waals surface area contributed by atoms with Crippen molar-refractivity contribution in [2.45, 2.75) is 0 Å². The first-order valence-electron chi connectivity index (χ1n) is 20.9. The predicted octanol–water partition coefficient (Wildman–Crippen LogP) is 15.7. The first kappa shape index (κ1) is 40.6. The minimum absolute atomic E-state index is 0.466. The molecular formula is C58H42N4O2. The lowest BCUT2D eigenvalue weighted by molar-refractivity contribution is 0.420. The van der Waals surface area contributed by atoms with Gasteiger partial charge in [-0.25, -0.2) is 4.85 Å². The van der Waals surface area contributed by atoms with Crippen LogP contribution in [-0.2, 0) is 0 Å². The first-order chi connectivity index (χ1) is 31.6. The molecule has 9 rings (SSSR count). The molecule has 0 bridgehead atoms. The second-order valence-corrected chi connectivity index (χ2v) is 15.1. The van der Waals surface area contributed by atoms with E-state index >= 15 is 0 Å². The summed E-state index contributed by atoms with van der Waals surface area (Å²) in [6.07, 6.45) is 7.78. The fourth-order valence-electron chi connectivity index (χ4n) is 8.19. The maximum absolute atomic E-state index is 10.3. The Kier molecular flexibility index (Phi) is 11.7. The molecule has 0 N–H and O–H groups in total. The predicted molar refractivity (Wildman–Crippen MR) is 266 cm³/mol. The third kappa shape index (κ3) is 8.16. The van der Waals surface area contributed by atoms with E-state index in [2.05, 4.69) is 130 Å². The lowest BCUT2D eigenvalue weighted by Crippen LogP contribution is -2.10. The summed E-state index contributed by atoms with van der Waals surface area (Å²) >= 11 is 0. The van der Waals surface area contributed by atoms with Gasteiger partial charge in [0.2, 0.25) is 0 Å². The largest absolute Gasteiger partial charge is 0.496 e. The Balaban J connectivity index is 0.973.